The van der Waals surface area contributed by atoms with Crippen molar-refractivity contribution >= 4 is 5.91 Å². The lowest BCUT2D eigenvalue weighted by Crippen LogP contribution is -2.49. The van der Waals surface area contributed by atoms with E-state index in [4.69, 9.17) is 10.5 Å². The Hall–Kier alpha value is -2.59. The third-order valence-corrected chi connectivity index (χ3v) is 6.21. The summed E-state index contributed by atoms with van der Waals surface area (Å²) in [5, 5.41) is 2.74. The summed E-state index contributed by atoms with van der Waals surface area (Å²) >= 11 is 0. The van der Waals surface area contributed by atoms with Crippen molar-refractivity contribution in [2.24, 2.45) is 11.7 Å². The molecule has 1 aliphatic carbocycles. The molecule has 0 aliphatic heterocycles. The summed E-state index contributed by atoms with van der Waals surface area (Å²) in [5.74, 6) is -0.118. The molecular weight excluding hydrogens is 462 g/mol. The normalized spacial score (nSPS) is 21.6. The number of hydrogen-bond acceptors (Lipinski definition) is 3. The van der Waals surface area contributed by atoms with Crippen LogP contribution in [0, 0.1) is 5.92 Å². The van der Waals surface area contributed by atoms with E-state index in [2.05, 4.69) is 5.32 Å². The Kier molecular flexibility index (Phi) is 7.62. The van der Waals surface area contributed by atoms with Gasteiger partial charge in [0.2, 0.25) is 5.91 Å². The van der Waals surface area contributed by atoms with Crippen LogP contribution in [0.15, 0.2) is 48.5 Å². The predicted molar refractivity (Wildman–Crippen MR) is 114 cm³/mol. The number of nitrogens with two attached hydrogens (primary N) is 1. The fourth-order valence-electron chi connectivity index (χ4n) is 4.34. The Bertz CT molecular complexity index is 953. The fourth-order valence-corrected chi connectivity index (χ4v) is 4.34. The van der Waals surface area contributed by atoms with Gasteiger partial charge in [-0.05, 0) is 55.0 Å². The lowest BCUT2D eigenvalue weighted by atomic mass is 9.59. The molecule has 0 aromatic heterocycles. The molecule has 1 fully saturated rings. The molecule has 1 saturated carbocycles. The zero-order valence-electron chi connectivity index (χ0n) is 18.5. The molecule has 0 radical (unpaired) electrons. The number of alkyl halides is 6. The van der Waals surface area contributed by atoms with Crippen molar-refractivity contribution in [1.29, 1.82) is 0 Å². The minimum atomic E-state index is -4.92. The summed E-state index contributed by atoms with van der Waals surface area (Å²) in [6.07, 6.45) is -9.55. The van der Waals surface area contributed by atoms with Gasteiger partial charge >= 0.3 is 12.4 Å². The average molecular weight is 488 g/mol. The maximum Gasteiger partial charge on any atom is 0.416 e. The van der Waals surface area contributed by atoms with Gasteiger partial charge in [0.15, 0.2) is 0 Å². The van der Waals surface area contributed by atoms with E-state index in [-0.39, 0.29) is 36.6 Å². The molecule has 1 aliphatic rings. The highest BCUT2D eigenvalue weighted by molar-refractivity contribution is 5.77. The van der Waals surface area contributed by atoms with Gasteiger partial charge in [0.05, 0.1) is 30.4 Å². The van der Waals surface area contributed by atoms with E-state index < -0.39 is 35.0 Å². The van der Waals surface area contributed by atoms with Gasteiger partial charge in [0, 0.05) is 12.0 Å². The van der Waals surface area contributed by atoms with E-state index in [1.54, 1.807) is 0 Å². The van der Waals surface area contributed by atoms with Gasteiger partial charge in [-0.15, -0.1) is 0 Å². The predicted octanol–water partition coefficient (Wildman–Crippen LogP) is 5.22. The largest absolute Gasteiger partial charge is 0.416 e. The van der Waals surface area contributed by atoms with Crippen LogP contribution in [0.1, 0.15) is 48.1 Å². The Morgan fingerprint density at radius 1 is 1.06 bits per heavy atom. The van der Waals surface area contributed by atoms with E-state index >= 15 is 0 Å². The molecule has 3 N–H and O–H groups in total. The second kappa shape index (κ2) is 9.95. The number of benzene rings is 2. The third-order valence-electron chi connectivity index (χ3n) is 6.21. The smallest absolute Gasteiger partial charge is 0.373 e. The third kappa shape index (κ3) is 6.09. The van der Waals surface area contributed by atoms with Gasteiger partial charge in [-0.1, -0.05) is 30.3 Å². The van der Waals surface area contributed by atoms with Crippen LogP contribution >= 0.6 is 0 Å². The average Bonchev–Trinajstić information content (AvgIpc) is 2.76. The molecule has 0 bridgehead atoms. The van der Waals surface area contributed by atoms with Crippen molar-refractivity contribution in [1.82, 2.24) is 5.32 Å². The highest BCUT2D eigenvalue weighted by Gasteiger charge is 2.46. The Morgan fingerprint density at radius 2 is 1.62 bits per heavy atom. The van der Waals surface area contributed by atoms with E-state index in [1.807, 2.05) is 30.3 Å². The van der Waals surface area contributed by atoms with E-state index in [0.29, 0.717) is 31.5 Å². The summed E-state index contributed by atoms with van der Waals surface area (Å²) in [5.41, 5.74) is 2.87. The summed E-state index contributed by atoms with van der Waals surface area (Å²) in [4.78, 5) is 11.4. The first-order valence-corrected chi connectivity index (χ1v) is 10.8. The first-order valence-electron chi connectivity index (χ1n) is 10.8. The zero-order chi connectivity index (χ0) is 25.1. The monoisotopic (exact) mass is 488 g/mol. The number of carbonyl (C=O) groups excluding carboxylic acids is 1. The highest BCUT2D eigenvalue weighted by atomic mass is 19.4. The first kappa shape index (κ1) is 26.0. The van der Waals surface area contributed by atoms with Gasteiger partial charge in [-0.2, -0.15) is 26.3 Å². The molecule has 0 heterocycles. The van der Waals surface area contributed by atoms with Gasteiger partial charge in [0.1, 0.15) is 0 Å². The molecule has 1 amide bonds. The van der Waals surface area contributed by atoms with Gasteiger partial charge in [-0.3, -0.25) is 4.79 Å². The Morgan fingerprint density at radius 3 is 2.12 bits per heavy atom. The Labute approximate surface area is 193 Å². The number of halogens is 6. The lowest BCUT2D eigenvalue weighted by molar-refractivity contribution is -0.143. The molecule has 2 aromatic rings. The minimum absolute atomic E-state index is 0.105. The van der Waals surface area contributed by atoms with Crippen LogP contribution in [0.4, 0.5) is 26.3 Å². The van der Waals surface area contributed by atoms with E-state index in [1.165, 1.54) is 6.92 Å². The van der Waals surface area contributed by atoms with Crippen molar-refractivity contribution in [3.63, 3.8) is 0 Å². The maximum atomic E-state index is 13.2. The van der Waals surface area contributed by atoms with Crippen LogP contribution < -0.4 is 11.1 Å². The van der Waals surface area contributed by atoms with Crippen LogP contribution in [0.2, 0.25) is 0 Å². The summed E-state index contributed by atoms with van der Waals surface area (Å²) in [6.45, 7) is 1.86. The minimum Gasteiger partial charge on any atom is -0.373 e. The highest BCUT2D eigenvalue weighted by Crippen LogP contribution is 2.48. The quantitative estimate of drug-likeness (QED) is 0.501. The fraction of sp³-hybridized carbons (Fsp3) is 0.458. The van der Waals surface area contributed by atoms with Gasteiger partial charge in [-0.25, -0.2) is 0 Å². The molecule has 4 nitrogen and oxygen atoms in total. The molecule has 2 aromatic carbocycles. The van der Waals surface area contributed by atoms with Crippen LogP contribution in [0.3, 0.4) is 0 Å². The first-order chi connectivity index (χ1) is 15.8. The molecular formula is C24H26F6N2O2. The van der Waals surface area contributed by atoms with Gasteiger partial charge < -0.3 is 15.8 Å². The molecule has 3 rings (SSSR count). The summed E-state index contributed by atoms with van der Waals surface area (Å²) in [6, 6.07) is 10.9. The SMILES string of the molecule is C[C@@H](OC[C@]1(c2ccccc2)C[C@@H](CNC(=O)CN)C1)c1cc(C(F)(F)F)cc(C(F)(F)F)c1. The number of rotatable bonds is 8. The molecule has 34 heavy (non-hydrogen) atoms. The van der Waals surface area contributed by atoms with Crippen molar-refractivity contribution in [3.05, 3.63) is 70.8 Å². The standard InChI is InChI=1S/C24H26F6N2O2/c1-15(17-7-19(23(25,26)27)9-20(8-17)24(28,29)30)34-14-22(18-5-3-2-4-6-18)10-16(11-22)13-32-21(33)12-31/h2-9,15-16H,10-14,31H2,1H3,(H,32,33)/t15-,16-,22+/m1/s1. The van der Waals surface area contributed by atoms with Crippen LogP contribution in [0.25, 0.3) is 0 Å². The van der Waals surface area contributed by atoms with Crippen LogP contribution in [-0.4, -0.2) is 25.6 Å². The van der Waals surface area contributed by atoms with E-state index in [9.17, 15) is 31.1 Å². The molecule has 10 heteroatoms. The number of hydrogen-bond donors (Lipinski definition) is 2. The molecule has 0 unspecified atom stereocenters. The van der Waals surface area contributed by atoms with Crippen molar-refractivity contribution in [2.45, 2.75) is 43.6 Å². The second-order valence-corrected chi connectivity index (χ2v) is 8.72. The van der Waals surface area contributed by atoms with Crippen LogP contribution in [-0.2, 0) is 27.3 Å². The molecule has 1 atom stereocenters. The molecule has 186 valence electrons. The molecule has 0 saturated heterocycles. The lowest BCUT2D eigenvalue weighted by Gasteiger charge is -2.48. The number of ether oxygens (including phenoxy) is 1. The van der Waals surface area contributed by atoms with E-state index in [0.717, 1.165) is 5.56 Å². The van der Waals surface area contributed by atoms with Crippen molar-refractivity contribution in [3.8, 4) is 0 Å². The van der Waals surface area contributed by atoms with Crippen molar-refractivity contribution in [2.75, 3.05) is 19.7 Å². The second-order valence-electron chi connectivity index (χ2n) is 8.72. The van der Waals surface area contributed by atoms with Gasteiger partial charge in [0.25, 0.3) is 0 Å². The topological polar surface area (TPSA) is 64.3 Å². The Balaban J connectivity index is 1.78. The molecule has 0 spiro atoms. The van der Waals surface area contributed by atoms with Crippen molar-refractivity contribution < 1.29 is 35.9 Å². The van der Waals surface area contributed by atoms with Crippen LogP contribution in [0.5, 0.6) is 0 Å². The summed E-state index contributed by atoms with van der Waals surface area (Å²) < 4.78 is 85.1. The number of amides is 1. The number of carbonyl (C=O) groups is 1. The zero-order valence-corrected chi connectivity index (χ0v) is 18.5. The number of nitrogens with one attached hydrogen (secondary N) is 1. The maximum absolute atomic E-state index is 13.2. The summed E-state index contributed by atoms with van der Waals surface area (Å²) in [7, 11) is 0.